The van der Waals surface area contributed by atoms with Crippen LogP contribution in [0.15, 0.2) is 47.8 Å². The molecule has 3 N–H and O–H groups in total. The maximum atomic E-state index is 15.2. The molecule has 0 spiro atoms. The molecule has 13 heteroatoms. The average Bonchev–Trinajstić information content (AvgIpc) is 3.20. The number of pyridine rings is 1. The Morgan fingerprint density at radius 3 is 2.54 bits per heavy atom. The van der Waals surface area contributed by atoms with E-state index in [0.717, 1.165) is 18.6 Å². The number of aliphatic imine (C=N–C) groups is 1. The van der Waals surface area contributed by atoms with E-state index in [4.69, 9.17) is 5.73 Å². The van der Waals surface area contributed by atoms with Crippen molar-refractivity contribution in [1.29, 1.82) is 0 Å². The van der Waals surface area contributed by atoms with Gasteiger partial charge in [0.15, 0.2) is 22.5 Å². The number of amides is 1. The number of hydrogen-bond acceptors (Lipinski definition) is 8. The lowest BCUT2D eigenvalue weighted by Gasteiger charge is -2.36. The van der Waals surface area contributed by atoms with Crippen LogP contribution in [0.5, 0.6) is 0 Å². The molecule has 0 bridgehead atoms. The molecular formula is C22H17F4N7OS. The molecular weight excluding hydrogens is 486 g/mol. The first-order valence-electron chi connectivity index (χ1n) is 10.4. The number of carbonyl (C=O) groups excluding carboxylic acids is 1. The van der Waals surface area contributed by atoms with Gasteiger partial charge < -0.3 is 16.0 Å². The van der Waals surface area contributed by atoms with Gasteiger partial charge in [0.05, 0.1) is 23.3 Å². The SMILES string of the molecule is NC1=NC[C@H]2CN(c3ncc(F)cn3)C[C@]2(c2cc(NC(=O)c3ncc(F)cc3F)ccc2F)S1. The standard InChI is InChI=1S/C22H17F4N7OS/c23-12-3-17(26)18(28-6-12)19(34)32-14-1-2-16(25)15(4-14)22-10-33(21-30-7-13(24)8-31-21)9-11(22)5-29-20(27)35-22/h1-4,6-8,11H,5,9-10H2,(H2,27,29)(H,32,34)/t11-,22-/m0/s1. The van der Waals surface area contributed by atoms with Crippen LogP contribution in [0.25, 0.3) is 0 Å². The predicted molar refractivity (Wildman–Crippen MR) is 122 cm³/mol. The van der Waals surface area contributed by atoms with Gasteiger partial charge in [-0.2, -0.15) is 0 Å². The highest BCUT2D eigenvalue weighted by molar-refractivity contribution is 8.14. The molecule has 2 aromatic heterocycles. The lowest BCUT2D eigenvalue weighted by molar-refractivity contribution is 0.101. The van der Waals surface area contributed by atoms with Crippen LogP contribution >= 0.6 is 11.8 Å². The van der Waals surface area contributed by atoms with E-state index in [1.807, 2.05) is 0 Å². The Labute approximate surface area is 200 Å². The summed E-state index contributed by atoms with van der Waals surface area (Å²) in [6.07, 6.45) is 2.83. The fourth-order valence-corrected chi connectivity index (χ4v) is 5.63. The summed E-state index contributed by atoms with van der Waals surface area (Å²) in [6, 6.07) is 4.50. The van der Waals surface area contributed by atoms with Crippen LogP contribution in [0.2, 0.25) is 0 Å². The number of rotatable bonds is 4. The topological polar surface area (TPSA) is 109 Å². The van der Waals surface area contributed by atoms with Crippen LogP contribution < -0.4 is 16.0 Å². The number of halogens is 4. The first-order valence-corrected chi connectivity index (χ1v) is 11.2. The van der Waals surface area contributed by atoms with Crippen molar-refractivity contribution < 1.29 is 22.4 Å². The summed E-state index contributed by atoms with van der Waals surface area (Å²) in [7, 11) is 0. The lowest BCUT2D eigenvalue weighted by Crippen LogP contribution is -2.40. The van der Waals surface area contributed by atoms with Crippen molar-refractivity contribution in [3.63, 3.8) is 0 Å². The minimum Gasteiger partial charge on any atom is -0.379 e. The summed E-state index contributed by atoms with van der Waals surface area (Å²) in [5, 5.41) is 2.75. The second-order valence-electron chi connectivity index (χ2n) is 8.08. The zero-order valence-corrected chi connectivity index (χ0v) is 18.7. The van der Waals surface area contributed by atoms with E-state index in [9.17, 15) is 18.0 Å². The Kier molecular flexibility index (Phi) is 5.79. The number of anilines is 2. The van der Waals surface area contributed by atoms with Crippen LogP contribution in [0, 0.1) is 29.2 Å². The first kappa shape index (κ1) is 23.0. The van der Waals surface area contributed by atoms with Crippen molar-refractivity contribution in [3.05, 3.63) is 77.4 Å². The number of fused-ring (bicyclic) bond motifs is 1. The number of amidine groups is 1. The maximum absolute atomic E-state index is 15.2. The molecule has 3 aromatic rings. The third-order valence-corrected chi connectivity index (χ3v) is 7.26. The molecule has 0 saturated carbocycles. The second kappa shape index (κ2) is 8.80. The Morgan fingerprint density at radius 2 is 1.80 bits per heavy atom. The molecule has 2 aliphatic rings. The van der Waals surface area contributed by atoms with E-state index < -0.39 is 39.6 Å². The number of carbonyl (C=O) groups is 1. The first-order chi connectivity index (χ1) is 16.7. The highest BCUT2D eigenvalue weighted by Crippen LogP contribution is 2.52. The fourth-order valence-electron chi connectivity index (χ4n) is 4.31. The largest absolute Gasteiger partial charge is 0.379 e. The summed E-state index contributed by atoms with van der Waals surface area (Å²) < 4.78 is 54.8. The van der Waals surface area contributed by atoms with Crippen LogP contribution in [0.3, 0.4) is 0 Å². The number of thioether (sulfide) groups is 1. The molecule has 1 fully saturated rings. The second-order valence-corrected chi connectivity index (χ2v) is 9.43. The Bertz CT molecular complexity index is 1340. The fraction of sp³-hybridized carbons (Fsp3) is 0.227. The van der Waals surface area contributed by atoms with Gasteiger partial charge in [-0.05, 0) is 18.2 Å². The van der Waals surface area contributed by atoms with Crippen molar-refractivity contribution >= 4 is 34.5 Å². The maximum Gasteiger partial charge on any atom is 0.277 e. The van der Waals surface area contributed by atoms with Gasteiger partial charge in [-0.1, -0.05) is 11.8 Å². The quantitative estimate of drug-likeness (QED) is 0.527. The van der Waals surface area contributed by atoms with Crippen molar-refractivity contribution in [2.75, 3.05) is 29.9 Å². The zero-order valence-electron chi connectivity index (χ0n) is 17.9. The van der Waals surface area contributed by atoms with Gasteiger partial charge in [0.25, 0.3) is 5.91 Å². The number of hydrogen-bond donors (Lipinski definition) is 2. The Morgan fingerprint density at radius 1 is 1.06 bits per heavy atom. The number of nitrogens with zero attached hydrogens (tertiary/aromatic N) is 5. The Balaban J connectivity index is 1.49. The third-order valence-electron chi connectivity index (χ3n) is 5.87. The molecule has 0 unspecified atom stereocenters. The summed E-state index contributed by atoms with van der Waals surface area (Å²) in [5.41, 5.74) is 5.87. The van der Waals surface area contributed by atoms with E-state index in [1.165, 1.54) is 30.0 Å². The van der Waals surface area contributed by atoms with Gasteiger partial charge in [-0.15, -0.1) is 0 Å². The molecule has 0 radical (unpaired) electrons. The van der Waals surface area contributed by atoms with Gasteiger partial charge >= 0.3 is 0 Å². The highest BCUT2D eigenvalue weighted by atomic mass is 32.2. The van der Waals surface area contributed by atoms with Crippen LogP contribution in [0.4, 0.5) is 29.2 Å². The number of aromatic nitrogens is 3. The Hall–Kier alpha value is -3.74. The molecule has 2 aliphatic heterocycles. The monoisotopic (exact) mass is 503 g/mol. The third kappa shape index (κ3) is 4.27. The van der Waals surface area contributed by atoms with E-state index in [2.05, 4.69) is 25.3 Å². The summed E-state index contributed by atoms with van der Waals surface area (Å²) in [5.74, 6) is -4.00. The highest BCUT2D eigenvalue weighted by Gasteiger charge is 2.52. The van der Waals surface area contributed by atoms with E-state index in [1.54, 1.807) is 4.90 Å². The van der Waals surface area contributed by atoms with Crippen molar-refractivity contribution in [3.8, 4) is 0 Å². The van der Waals surface area contributed by atoms with Gasteiger partial charge in [-0.25, -0.2) is 32.5 Å². The smallest absolute Gasteiger partial charge is 0.277 e. The summed E-state index contributed by atoms with van der Waals surface area (Å²) >= 11 is 1.19. The van der Waals surface area contributed by atoms with Crippen LogP contribution in [0.1, 0.15) is 16.1 Å². The van der Waals surface area contributed by atoms with E-state index >= 15 is 4.39 Å². The average molecular weight is 503 g/mol. The minimum absolute atomic E-state index is 0.184. The molecule has 35 heavy (non-hydrogen) atoms. The minimum atomic E-state index is -1.12. The molecule has 1 amide bonds. The molecule has 8 nitrogen and oxygen atoms in total. The van der Waals surface area contributed by atoms with Crippen LogP contribution in [-0.4, -0.2) is 45.7 Å². The predicted octanol–water partition coefficient (Wildman–Crippen LogP) is 3.07. The molecule has 180 valence electrons. The molecule has 1 saturated heterocycles. The van der Waals surface area contributed by atoms with Gasteiger partial charge in [0.1, 0.15) is 11.6 Å². The molecule has 0 aliphatic carbocycles. The number of benzene rings is 1. The summed E-state index contributed by atoms with van der Waals surface area (Å²) in [6.45, 7) is 0.972. The van der Waals surface area contributed by atoms with E-state index in [0.29, 0.717) is 19.2 Å². The van der Waals surface area contributed by atoms with Crippen molar-refractivity contribution in [1.82, 2.24) is 15.0 Å². The van der Waals surface area contributed by atoms with Crippen molar-refractivity contribution in [2.45, 2.75) is 4.75 Å². The van der Waals surface area contributed by atoms with Crippen molar-refractivity contribution in [2.24, 2.45) is 16.6 Å². The molecule has 5 rings (SSSR count). The van der Waals surface area contributed by atoms with Gasteiger partial charge in [0.2, 0.25) is 5.95 Å². The zero-order chi connectivity index (χ0) is 24.7. The molecule has 2 atom stereocenters. The van der Waals surface area contributed by atoms with E-state index in [-0.39, 0.29) is 34.8 Å². The normalized spacial score (nSPS) is 21.4. The van der Waals surface area contributed by atoms with Crippen LogP contribution in [-0.2, 0) is 4.75 Å². The molecule has 1 aromatic carbocycles. The molecule has 4 heterocycles. The lowest BCUT2D eigenvalue weighted by atomic mass is 9.87. The number of nitrogens with two attached hydrogens (primary N) is 1. The van der Waals surface area contributed by atoms with Gasteiger partial charge in [-0.3, -0.25) is 9.79 Å². The summed E-state index contributed by atoms with van der Waals surface area (Å²) in [4.78, 5) is 30.2. The number of nitrogens with one attached hydrogen (secondary N) is 1. The van der Waals surface area contributed by atoms with Gasteiger partial charge in [0, 0.05) is 42.9 Å².